The highest BCUT2D eigenvalue weighted by atomic mass is 32.2. The van der Waals surface area contributed by atoms with E-state index in [0.717, 1.165) is 104 Å². The highest BCUT2D eigenvalue weighted by Gasteiger charge is 2.30. The van der Waals surface area contributed by atoms with Gasteiger partial charge in [-0.15, -0.1) is 0 Å². The molecule has 4 heterocycles. The highest BCUT2D eigenvalue weighted by Crippen LogP contribution is 2.48. The van der Waals surface area contributed by atoms with Crippen LogP contribution >= 0.6 is 34.9 Å². The molecule has 1 amide bonds. The molecule has 0 atom stereocenters. The predicted octanol–water partition coefficient (Wildman–Crippen LogP) is 7.05. The molecule has 2 N–H and O–H groups in total. The number of hydrogen-bond acceptors (Lipinski definition) is 11. The molecule has 0 saturated carbocycles. The maximum absolute atomic E-state index is 12.6. The number of rotatable bonds is 21. The lowest BCUT2D eigenvalue weighted by Gasteiger charge is -2.31. The summed E-state index contributed by atoms with van der Waals surface area (Å²) in [6.45, 7) is 9.48. The number of nitrogens with zero attached hydrogens (tertiary/aromatic N) is 5. The second-order valence-electron chi connectivity index (χ2n) is 16.2. The van der Waals surface area contributed by atoms with Crippen LogP contribution in [0, 0.1) is 0 Å². The largest absolute Gasteiger partial charge is 0.377 e. The number of thioether (sulfide) groups is 2. The first-order valence-electron chi connectivity index (χ1n) is 22.1. The maximum Gasteiger partial charge on any atom is 0.265 e. The van der Waals surface area contributed by atoms with Gasteiger partial charge in [-0.3, -0.25) is 9.35 Å². The van der Waals surface area contributed by atoms with Gasteiger partial charge in [0.25, 0.3) is 15.1 Å². The first kappa shape index (κ1) is 46.3. The van der Waals surface area contributed by atoms with E-state index in [9.17, 15) is 17.8 Å². The summed E-state index contributed by atoms with van der Waals surface area (Å²) in [4.78, 5) is 20.8. The minimum atomic E-state index is -4.10. The monoisotopic (exact) mass is 942 g/mol. The van der Waals surface area contributed by atoms with E-state index in [-0.39, 0.29) is 18.1 Å². The van der Waals surface area contributed by atoms with Gasteiger partial charge in [0.2, 0.25) is 16.5 Å². The van der Waals surface area contributed by atoms with Crippen LogP contribution in [0.1, 0.15) is 24.3 Å². The molecular weight excluding hydrogens is 885 g/mol. The molecule has 1 saturated heterocycles. The normalized spacial score (nSPS) is 16.6. The zero-order valence-electron chi connectivity index (χ0n) is 36.4. The summed E-state index contributed by atoms with van der Waals surface area (Å²) in [5.74, 6) is 0.833. The number of aromatic nitrogens is 1. The first-order valence-corrected chi connectivity index (χ1v) is 26.3. The third-order valence-electron chi connectivity index (χ3n) is 11.6. The Bertz CT molecular complexity index is 2610. The van der Waals surface area contributed by atoms with Crippen molar-refractivity contribution in [3.63, 3.8) is 0 Å². The van der Waals surface area contributed by atoms with Gasteiger partial charge in [0, 0.05) is 75.7 Å². The van der Waals surface area contributed by atoms with E-state index in [1.54, 1.807) is 23.1 Å². The van der Waals surface area contributed by atoms with Crippen LogP contribution in [0.15, 0.2) is 107 Å². The molecule has 0 unspecified atom stereocenters. The molecule has 8 rings (SSSR count). The molecule has 64 heavy (non-hydrogen) atoms. The molecule has 16 heteroatoms. The van der Waals surface area contributed by atoms with E-state index < -0.39 is 10.1 Å². The zero-order chi connectivity index (χ0) is 44.3. The Balaban J connectivity index is 0.849. The zero-order valence-corrected chi connectivity index (χ0v) is 39.7. The Hall–Kier alpha value is -4.26. The van der Waals surface area contributed by atoms with Crippen LogP contribution in [0.5, 0.6) is 0 Å². The lowest BCUT2D eigenvalue weighted by Crippen LogP contribution is -2.41. The SMILES string of the molecule is CN1CCN(C=CC2=[N+](CCCC(=O)NCCOCCOCCN3C(=Cc4sc5ccc6ccccc6c5[n+]4CCCS(=O)(=O)O)Sc4ccc(-c5ccccc5)cc43)CCS2)CC1. The number of amides is 1. The van der Waals surface area contributed by atoms with Crippen LogP contribution in [0.4, 0.5) is 5.69 Å². The van der Waals surface area contributed by atoms with Gasteiger partial charge in [-0.05, 0) is 47.8 Å². The number of fused-ring (bicyclic) bond motifs is 4. The number of carbonyl (C=O) groups excluding carboxylic acids is 1. The summed E-state index contributed by atoms with van der Waals surface area (Å²) < 4.78 is 50.7. The van der Waals surface area contributed by atoms with Crippen molar-refractivity contribution in [2.75, 3.05) is 102 Å². The van der Waals surface area contributed by atoms with Crippen LogP contribution in [0.2, 0.25) is 0 Å². The lowest BCUT2D eigenvalue weighted by atomic mass is 10.0. The second kappa shape index (κ2) is 22.3. The molecule has 12 nitrogen and oxygen atoms in total. The Morgan fingerprint density at radius 1 is 0.891 bits per heavy atom. The first-order chi connectivity index (χ1) is 31.2. The van der Waals surface area contributed by atoms with Crippen molar-refractivity contribution in [2.45, 2.75) is 30.7 Å². The Morgan fingerprint density at radius 2 is 1.69 bits per heavy atom. The smallest absolute Gasteiger partial charge is 0.265 e. The van der Waals surface area contributed by atoms with E-state index >= 15 is 0 Å². The van der Waals surface area contributed by atoms with Gasteiger partial charge in [0.15, 0.2) is 13.1 Å². The summed E-state index contributed by atoms with van der Waals surface area (Å²) in [6.07, 6.45) is 8.27. The fourth-order valence-corrected chi connectivity index (χ4v) is 12.1. The average molecular weight is 943 g/mol. The van der Waals surface area contributed by atoms with Crippen molar-refractivity contribution in [1.29, 1.82) is 0 Å². The van der Waals surface area contributed by atoms with Crippen molar-refractivity contribution in [3.8, 4) is 11.1 Å². The third kappa shape index (κ3) is 12.3. The number of likely N-dealkylation sites (N-methyl/N-ethyl adjacent to an activating group) is 1. The Morgan fingerprint density at radius 3 is 2.52 bits per heavy atom. The van der Waals surface area contributed by atoms with Crippen LogP contribution in [0.25, 0.3) is 38.2 Å². The number of hydrogen-bond donors (Lipinski definition) is 2. The van der Waals surface area contributed by atoms with Gasteiger partial charge in [-0.2, -0.15) is 13.0 Å². The molecular formula is C48H58N6O6S4+2. The van der Waals surface area contributed by atoms with Crippen molar-refractivity contribution >= 4 is 88.7 Å². The van der Waals surface area contributed by atoms with E-state index in [1.165, 1.54) is 5.04 Å². The van der Waals surface area contributed by atoms with Crippen LogP contribution in [0.3, 0.4) is 0 Å². The lowest BCUT2D eigenvalue weighted by molar-refractivity contribution is -0.667. The molecule has 1 fully saturated rings. The van der Waals surface area contributed by atoms with Crippen LogP contribution in [-0.2, 0) is 30.9 Å². The van der Waals surface area contributed by atoms with Crippen LogP contribution < -0.4 is 14.8 Å². The fourth-order valence-electron chi connectivity index (χ4n) is 8.20. The summed E-state index contributed by atoms with van der Waals surface area (Å²) in [5.41, 5.74) is 4.43. The molecule has 3 aliphatic heterocycles. The molecule has 0 radical (unpaired) electrons. The minimum absolute atomic E-state index is 0.0527. The maximum atomic E-state index is 12.6. The summed E-state index contributed by atoms with van der Waals surface area (Å²) in [6, 6.07) is 29.4. The van der Waals surface area contributed by atoms with Gasteiger partial charge < -0.3 is 29.5 Å². The molecule has 0 bridgehead atoms. The van der Waals surface area contributed by atoms with Gasteiger partial charge in [0.1, 0.15) is 11.2 Å². The van der Waals surface area contributed by atoms with E-state index in [2.05, 4.69) is 121 Å². The van der Waals surface area contributed by atoms with E-state index in [1.807, 2.05) is 30.0 Å². The second-order valence-corrected chi connectivity index (χ2v) is 21.0. The highest BCUT2D eigenvalue weighted by molar-refractivity contribution is 8.14. The number of thiazole rings is 1. The van der Waals surface area contributed by atoms with Crippen molar-refractivity contribution < 1.29 is 36.4 Å². The molecule has 5 aromatic rings. The predicted molar refractivity (Wildman–Crippen MR) is 263 cm³/mol. The van der Waals surface area contributed by atoms with Gasteiger partial charge >= 0.3 is 0 Å². The number of ether oxygens (including phenoxy) is 2. The number of nitrogens with one attached hydrogen (secondary N) is 1. The molecule has 0 spiro atoms. The molecule has 1 aromatic heterocycles. The average Bonchev–Trinajstić information content (AvgIpc) is 4.00. The molecule has 4 aromatic carbocycles. The van der Waals surface area contributed by atoms with Gasteiger partial charge in [-0.25, -0.2) is 4.58 Å². The number of benzene rings is 4. The van der Waals surface area contributed by atoms with Gasteiger partial charge in [-0.1, -0.05) is 95.5 Å². The Kier molecular flexibility index (Phi) is 16.1. The number of piperazine rings is 1. The summed E-state index contributed by atoms with van der Waals surface area (Å²) in [7, 11) is -1.93. The third-order valence-corrected chi connectivity index (χ3v) is 15.7. The van der Waals surface area contributed by atoms with Crippen molar-refractivity contribution in [1.82, 2.24) is 15.1 Å². The van der Waals surface area contributed by atoms with E-state index in [4.69, 9.17) is 9.47 Å². The summed E-state index contributed by atoms with van der Waals surface area (Å²) >= 11 is 5.28. The quantitative estimate of drug-likeness (QED) is 0.0448. The van der Waals surface area contributed by atoms with E-state index in [0.29, 0.717) is 52.5 Å². The summed E-state index contributed by atoms with van der Waals surface area (Å²) in [5, 5.41) is 8.56. The molecule has 338 valence electrons. The number of anilines is 1. The van der Waals surface area contributed by atoms with Crippen molar-refractivity contribution in [3.05, 3.63) is 107 Å². The standard InChI is InChI=1S/C48H56N6O6S4/c1-50-23-25-51(26-24-50)22-18-45-52(28-33-61-45)20-7-13-44(55)49-19-29-59-31-32-60-30-27-53-41-35-39(37-9-3-2-4-10-37)15-16-42(41)62-46(53)36-47-54(21-8-34-64(56,57)58)48-40-12-6-5-11-38(40)14-17-43(48)63-47/h2-6,9-12,14-18,22,35-36H,7-8,13,19-21,23-34H2,1H3/p+2. The molecule has 0 aliphatic carbocycles. The van der Waals surface area contributed by atoms with Crippen LogP contribution in [-0.4, -0.2) is 136 Å². The van der Waals surface area contributed by atoms with Gasteiger partial charge in [0.05, 0.1) is 60.1 Å². The Labute approximate surface area is 389 Å². The number of carbonyl (C=O) groups is 1. The fraction of sp³-hybridized carbons (Fsp3) is 0.396. The molecule has 3 aliphatic rings. The minimum Gasteiger partial charge on any atom is -0.377 e. The van der Waals surface area contributed by atoms with Crippen molar-refractivity contribution in [2.24, 2.45) is 0 Å². The number of aryl methyl sites for hydroxylation is 1. The topological polar surface area (TPSA) is 119 Å².